The Morgan fingerprint density at radius 2 is 2.33 bits per heavy atom. The summed E-state index contributed by atoms with van der Waals surface area (Å²) in [6, 6.07) is 1.33. The van der Waals surface area contributed by atoms with E-state index in [2.05, 4.69) is 20.9 Å². The largest absolute Gasteiger partial charge is 0.462 e. The van der Waals surface area contributed by atoms with Crippen LogP contribution in [0, 0.1) is 0 Å². The fourth-order valence-corrected chi connectivity index (χ4v) is 1.55. The van der Waals surface area contributed by atoms with Crippen LogP contribution in [-0.2, 0) is 4.74 Å². The number of nitrogens with zero attached hydrogens (tertiary/aromatic N) is 1. The number of pyridine rings is 1. The Labute approximate surface area is 93.6 Å². The van der Waals surface area contributed by atoms with Crippen LogP contribution in [0.4, 0.5) is 8.78 Å². The normalized spacial score (nSPS) is 10.5. The van der Waals surface area contributed by atoms with E-state index in [1.165, 1.54) is 6.07 Å². The first kappa shape index (κ1) is 12.0. The van der Waals surface area contributed by atoms with E-state index >= 15 is 0 Å². The first-order chi connectivity index (χ1) is 7.07. The van der Waals surface area contributed by atoms with Crippen molar-refractivity contribution in [1.29, 1.82) is 0 Å². The van der Waals surface area contributed by atoms with Gasteiger partial charge in [-0.25, -0.2) is 13.6 Å². The van der Waals surface area contributed by atoms with E-state index in [0.717, 1.165) is 6.20 Å². The van der Waals surface area contributed by atoms with Crippen molar-refractivity contribution in [2.24, 2.45) is 0 Å². The molecule has 0 unspecified atom stereocenters. The highest BCUT2D eigenvalue weighted by atomic mass is 79.9. The molecular weight excluding hydrogens is 272 g/mol. The van der Waals surface area contributed by atoms with Crippen LogP contribution in [0.3, 0.4) is 0 Å². The van der Waals surface area contributed by atoms with Crippen LogP contribution in [-0.4, -0.2) is 17.6 Å². The molecule has 1 aromatic rings. The smallest absolute Gasteiger partial charge is 0.339 e. The van der Waals surface area contributed by atoms with Gasteiger partial charge in [0.2, 0.25) is 0 Å². The highest BCUT2D eigenvalue weighted by Crippen LogP contribution is 2.28. The van der Waals surface area contributed by atoms with Gasteiger partial charge in [0.15, 0.2) is 0 Å². The molecule has 1 rings (SSSR count). The third kappa shape index (κ3) is 2.71. The minimum Gasteiger partial charge on any atom is -0.462 e. The summed E-state index contributed by atoms with van der Waals surface area (Å²) in [7, 11) is 0. The van der Waals surface area contributed by atoms with Crippen LogP contribution >= 0.6 is 15.9 Å². The summed E-state index contributed by atoms with van der Waals surface area (Å²) in [5.74, 6) is -0.645. The molecule has 0 atom stereocenters. The molecule has 0 saturated carbocycles. The van der Waals surface area contributed by atoms with Gasteiger partial charge in [-0.1, -0.05) is 0 Å². The Kier molecular flexibility index (Phi) is 4.14. The van der Waals surface area contributed by atoms with E-state index in [1.54, 1.807) is 6.92 Å². The molecule has 6 heteroatoms. The summed E-state index contributed by atoms with van der Waals surface area (Å²) in [5.41, 5.74) is -0.400. The van der Waals surface area contributed by atoms with Crippen molar-refractivity contribution in [3.8, 4) is 0 Å². The zero-order valence-corrected chi connectivity index (χ0v) is 9.42. The minimum absolute atomic E-state index is 0.0153. The summed E-state index contributed by atoms with van der Waals surface area (Å²) in [5, 5.41) is 0. The number of carbonyl (C=O) groups is 1. The molecule has 0 amide bonds. The maximum absolute atomic E-state index is 12.4. The molecule has 0 radical (unpaired) electrons. The summed E-state index contributed by atoms with van der Waals surface area (Å²) < 4.78 is 29.5. The first-order valence-electron chi connectivity index (χ1n) is 4.17. The number of esters is 1. The molecule has 1 aromatic heterocycles. The minimum atomic E-state index is -2.73. The van der Waals surface area contributed by atoms with E-state index in [0.29, 0.717) is 0 Å². The fraction of sp³-hybridized carbons (Fsp3) is 0.333. The van der Waals surface area contributed by atoms with E-state index in [1.807, 2.05) is 0 Å². The van der Waals surface area contributed by atoms with Gasteiger partial charge in [-0.15, -0.1) is 0 Å². The van der Waals surface area contributed by atoms with Crippen molar-refractivity contribution >= 4 is 21.9 Å². The molecule has 82 valence electrons. The summed E-state index contributed by atoms with van der Waals surface area (Å²) in [6.07, 6.45) is -1.58. The standard InChI is InChI=1S/C9H8BrF2NO2/c1-2-15-9(14)5-3-4-13-7(6(5)10)8(11)12/h3-4,8H,2H2,1H3. The topological polar surface area (TPSA) is 39.2 Å². The van der Waals surface area contributed by atoms with Crippen LogP contribution in [0.25, 0.3) is 0 Å². The van der Waals surface area contributed by atoms with Crippen molar-refractivity contribution in [2.45, 2.75) is 13.3 Å². The Morgan fingerprint density at radius 1 is 1.67 bits per heavy atom. The molecule has 0 aliphatic heterocycles. The average molecular weight is 280 g/mol. The molecule has 3 nitrogen and oxygen atoms in total. The Balaban J connectivity index is 3.09. The lowest BCUT2D eigenvalue weighted by molar-refractivity contribution is 0.0524. The van der Waals surface area contributed by atoms with Crippen molar-refractivity contribution < 1.29 is 18.3 Å². The van der Waals surface area contributed by atoms with Crippen LogP contribution < -0.4 is 0 Å². The van der Waals surface area contributed by atoms with Gasteiger partial charge in [0.05, 0.1) is 16.6 Å². The highest BCUT2D eigenvalue weighted by molar-refractivity contribution is 9.10. The summed E-state index contributed by atoms with van der Waals surface area (Å²) >= 11 is 2.91. The number of ether oxygens (including phenoxy) is 1. The highest BCUT2D eigenvalue weighted by Gasteiger charge is 2.20. The number of hydrogen-bond acceptors (Lipinski definition) is 3. The lowest BCUT2D eigenvalue weighted by Gasteiger charge is -2.07. The fourth-order valence-electron chi connectivity index (χ4n) is 0.979. The molecule has 0 saturated heterocycles. The Hall–Kier alpha value is -1.04. The molecular formula is C9H8BrF2NO2. The van der Waals surface area contributed by atoms with Crippen molar-refractivity contribution in [3.63, 3.8) is 0 Å². The third-order valence-corrected chi connectivity index (χ3v) is 2.45. The Morgan fingerprint density at radius 3 is 2.87 bits per heavy atom. The molecule has 0 fully saturated rings. The van der Waals surface area contributed by atoms with Crippen molar-refractivity contribution in [2.75, 3.05) is 6.61 Å². The average Bonchev–Trinajstić information content (AvgIpc) is 2.17. The van der Waals surface area contributed by atoms with E-state index in [-0.39, 0.29) is 16.6 Å². The van der Waals surface area contributed by atoms with Crippen LogP contribution in [0.1, 0.15) is 29.4 Å². The predicted octanol–water partition coefficient (Wildman–Crippen LogP) is 2.96. The lowest BCUT2D eigenvalue weighted by atomic mass is 10.2. The van der Waals surface area contributed by atoms with Crippen LogP contribution in [0.5, 0.6) is 0 Å². The summed E-state index contributed by atoms with van der Waals surface area (Å²) in [4.78, 5) is 14.8. The maximum Gasteiger partial charge on any atom is 0.339 e. The number of aromatic nitrogens is 1. The molecule has 0 aromatic carbocycles. The molecule has 0 aliphatic rings. The van der Waals surface area contributed by atoms with Gasteiger partial charge in [-0.2, -0.15) is 0 Å². The predicted molar refractivity (Wildman–Crippen MR) is 52.9 cm³/mol. The quantitative estimate of drug-likeness (QED) is 0.799. The SMILES string of the molecule is CCOC(=O)c1ccnc(C(F)F)c1Br. The zero-order valence-electron chi connectivity index (χ0n) is 7.84. The van der Waals surface area contributed by atoms with Crippen molar-refractivity contribution in [1.82, 2.24) is 4.98 Å². The zero-order chi connectivity index (χ0) is 11.4. The monoisotopic (exact) mass is 279 g/mol. The van der Waals surface area contributed by atoms with Gasteiger partial charge < -0.3 is 4.74 Å². The molecule has 15 heavy (non-hydrogen) atoms. The van der Waals surface area contributed by atoms with Crippen LogP contribution in [0.2, 0.25) is 0 Å². The second-order valence-electron chi connectivity index (χ2n) is 2.58. The Bertz CT molecular complexity index is 371. The van der Waals surface area contributed by atoms with Crippen molar-refractivity contribution in [3.05, 3.63) is 28.0 Å². The second-order valence-corrected chi connectivity index (χ2v) is 3.37. The number of alkyl halides is 2. The molecule has 0 bridgehead atoms. The van der Waals surface area contributed by atoms with Gasteiger partial charge in [0, 0.05) is 6.20 Å². The first-order valence-corrected chi connectivity index (χ1v) is 4.96. The van der Waals surface area contributed by atoms with Gasteiger partial charge in [0.1, 0.15) is 5.69 Å². The molecule has 0 spiro atoms. The van der Waals surface area contributed by atoms with Gasteiger partial charge >= 0.3 is 5.97 Å². The number of rotatable bonds is 3. The number of hydrogen-bond donors (Lipinski definition) is 0. The second kappa shape index (κ2) is 5.16. The molecule has 0 aliphatic carbocycles. The van der Waals surface area contributed by atoms with Crippen LogP contribution in [0.15, 0.2) is 16.7 Å². The lowest BCUT2D eigenvalue weighted by Crippen LogP contribution is -2.07. The van der Waals surface area contributed by atoms with E-state index in [9.17, 15) is 13.6 Å². The molecule has 0 N–H and O–H groups in total. The molecule has 1 heterocycles. The van der Waals surface area contributed by atoms with Gasteiger partial charge in [-0.3, -0.25) is 4.98 Å². The van der Waals surface area contributed by atoms with E-state index in [4.69, 9.17) is 4.74 Å². The number of halogens is 3. The van der Waals surface area contributed by atoms with E-state index < -0.39 is 18.1 Å². The van der Waals surface area contributed by atoms with Gasteiger partial charge in [-0.05, 0) is 28.9 Å². The van der Waals surface area contributed by atoms with Gasteiger partial charge in [0.25, 0.3) is 6.43 Å². The third-order valence-electron chi connectivity index (χ3n) is 1.62. The maximum atomic E-state index is 12.4. The summed E-state index contributed by atoms with van der Waals surface area (Å²) in [6.45, 7) is 1.83. The number of carbonyl (C=O) groups excluding carboxylic acids is 1.